The highest BCUT2D eigenvalue weighted by atomic mass is 35.5. The zero-order valence-electron chi connectivity index (χ0n) is 7.07. The molecule has 3 heteroatoms. The minimum Gasteiger partial charge on any atom is -0.313 e. The molecule has 0 aliphatic carbocycles. The third-order valence-electron chi connectivity index (χ3n) is 1.88. The van der Waals surface area contributed by atoms with Crippen molar-refractivity contribution in [1.29, 1.82) is 0 Å². The predicted octanol–water partition coefficient (Wildman–Crippen LogP) is 2.76. The van der Waals surface area contributed by atoms with Crippen molar-refractivity contribution in [2.24, 2.45) is 0 Å². The molecule has 1 rings (SSSR count). The third kappa shape index (κ3) is 1.76. The molecule has 12 heavy (non-hydrogen) atoms. The molecule has 0 saturated heterocycles. The minimum absolute atomic E-state index is 0.0770. The van der Waals surface area contributed by atoms with Crippen LogP contribution in [0, 0.1) is 5.82 Å². The lowest BCUT2D eigenvalue weighted by atomic mass is 10.1. The molecule has 0 saturated carbocycles. The Morgan fingerprint density at radius 2 is 2.17 bits per heavy atom. The summed E-state index contributed by atoms with van der Waals surface area (Å²) in [6.45, 7) is 1.93. The van der Waals surface area contributed by atoms with Crippen molar-refractivity contribution < 1.29 is 4.39 Å². The lowest BCUT2D eigenvalue weighted by Gasteiger charge is -2.12. The number of nitrogens with one attached hydrogen (secondary N) is 1. The van der Waals surface area contributed by atoms with Gasteiger partial charge in [0.1, 0.15) is 5.82 Å². The molecular formula is C9H11ClFN. The Balaban J connectivity index is 3.07. The van der Waals surface area contributed by atoms with Gasteiger partial charge < -0.3 is 5.32 Å². The van der Waals surface area contributed by atoms with E-state index in [0.717, 1.165) is 5.56 Å². The van der Waals surface area contributed by atoms with Crippen molar-refractivity contribution in [1.82, 2.24) is 5.32 Å². The molecule has 1 aromatic rings. The summed E-state index contributed by atoms with van der Waals surface area (Å²) in [5.74, 6) is -0.365. The maximum atomic E-state index is 12.9. The second-order valence-electron chi connectivity index (χ2n) is 2.65. The van der Waals surface area contributed by atoms with E-state index in [1.54, 1.807) is 6.07 Å². The van der Waals surface area contributed by atoms with E-state index in [1.165, 1.54) is 6.07 Å². The van der Waals surface area contributed by atoms with E-state index in [0.29, 0.717) is 0 Å². The van der Waals surface area contributed by atoms with Crippen molar-refractivity contribution in [3.8, 4) is 0 Å². The van der Waals surface area contributed by atoms with Gasteiger partial charge in [-0.1, -0.05) is 23.7 Å². The minimum atomic E-state index is -0.365. The molecule has 0 radical (unpaired) electrons. The van der Waals surface area contributed by atoms with Crippen LogP contribution in [-0.4, -0.2) is 7.05 Å². The summed E-state index contributed by atoms with van der Waals surface area (Å²) in [5, 5.41) is 3.21. The van der Waals surface area contributed by atoms with Gasteiger partial charge in [-0.15, -0.1) is 0 Å². The van der Waals surface area contributed by atoms with Crippen LogP contribution in [0.15, 0.2) is 18.2 Å². The molecule has 0 bridgehead atoms. The fourth-order valence-electron chi connectivity index (χ4n) is 1.01. The summed E-state index contributed by atoms with van der Waals surface area (Å²) < 4.78 is 12.9. The fraction of sp³-hybridized carbons (Fsp3) is 0.333. The highest BCUT2D eigenvalue weighted by molar-refractivity contribution is 6.31. The normalized spacial score (nSPS) is 13.0. The second kappa shape index (κ2) is 3.87. The van der Waals surface area contributed by atoms with Crippen molar-refractivity contribution in [2.75, 3.05) is 7.05 Å². The van der Waals surface area contributed by atoms with Gasteiger partial charge in [0.2, 0.25) is 0 Å². The molecule has 1 N–H and O–H groups in total. The quantitative estimate of drug-likeness (QED) is 0.751. The first-order valence-electron chi connectivity index (χ1n) is 3.78. The third-order valence-corrected chi connectivity index (χ3v) is 2.28. The van der Waals surface area contributed by atoms with Gasteiger partial charge >= 0.3 is 0 Å². The Morgan fingerprint density at radius 3 is 2.75 bits per heavy atom. The van der Waals surface area contributed by atoms with E-state index in [9.17, 15) is 4.39 Å². The lowest BCUT2D eigenvalue weighted by Crippen LogP contribution is -2.12. The van der Waals surface area contributed by atoms with Gasteiger partial charge in [-0.2, -0.15) is 0 Å². The van der Waals surface area contributed by atoms with Crippen LogP contribution < -0.4 is 5.32 Å². The van der Waals surface area contributed by atoms with Crippen LogP contribution >= 0.6 is 11.6 Å². The van der Waals surface area contributed by atoms with E-state index < -0.39 is 0 Å². The van der Waals surface area contributed by atoms with E-state index in [4.69, 9.17) is 11.6 Å². The fourth-order valence-corrected chi connectivity index (χ4v) is 1.30. The van der Waals surface area contributed by atoms with Gasteiger partial charge in [-0.25, -0.2) is 4.39 Å². The second-order valence-corrected chi connectivity index (χ2v) is 3.03. The topological polar surface area (TPSA) is 12.0 Å². The molecule has 1 nitrogen and oxygen atoms in total. The van der Waals surface area contributed by atoms with Crippen molar-refractivity contribution >= 4 is 11.6 Å². The van der Waals surface area contributed by atoms with E-state index in [1.807, 2.05) is 20.0 Å². The lowest BCUT2D eigenvalue weighted by molar-refractivity contribution is 0.609. The molecule has 1 atom stereocenters. The molecule has 66 valence electrons. The maximum Gasteiger partial charge on any atom is 0.142 e. The number of benzene rings is 1. The van der Waals surface area contributed by atoms with E-state index >= 15 is 0 Å². The van der Waals surface area contributed by atoms with E-state index in [2.05, 4.69) is 5.32 Å². The summed E-state index contributed by atoms with van der Waals surface area (Å²) in [5.41, 5.74) is 0.791. The average molecular weight is 188 g/mol. The van der Waals surface area contributed by atoms with E-state index in [-0.39, 0.29) is 16.9 Å². The van der Waals surface area contributed by atoms with Crippen LogP contribution in [0.2, 0.25) is 5.02 Å². The van der Waals surface area contributed by atoms with Gasteiger partial charge in [0.25, 0.3) is 0 Å². The molecular weight excluding hydrogens is 177 g/mol. The summed E-state index contributed by atoms with van der Waals surface area (Å²) in [7, 11) is 1.81. The van der Waals surface area contributed by atoms with Crippen LogP contribution in [0.3, 0.4) is 0 Å². The number of hydrogen-bond acceptors (Lipinski definition) is 1. The Morgan fingerprint density at radius 1 is 1.50 bits per heavy atom. The Kier molecular flexibility index (Phi) is 3.06. The van der Waals surface area contributed by atoms with Crippen molar-refractivity contribution in [3.05, 3.63) is 34.6 Å². The van der Waals surface area contributed by atoms with Crippen LogP contribution in [0.1, 0.15) is 18.5 Å². The van der Waals surface area contributed by atoms with Gasteiger partial charge in [0.05, 0.1) is 5.02 Å². The zero-order chi connectivity index (χ0) is 9.14. The molecule has 0 amide bonds. The molecule has 1 aromatic carbocycles. The predicted molar refractivity (Wildman–Crippen MR) is 48.9 cm³/mol. The molecule has 0 spiro atoms. The highest BCUT2D eigenvalue weighted by Crippen LogP contribution is 2.24. The maximum absolute atomic E-state index is 12.9. The average Bonchev–Trinajstić information content (AvgIpc) is 2.08. The molecule has 0 fully saturated rings. The Bertz CT molecular complexity index is 275. The summed E-state index contributed by atoms with van der Waals surface area (Å²) in [6, 6.07) is 4.90. The molecule has 0 aromatic heterocycles. The Labute approximate surface area is 76.5 Å². The first kappa shape index (κ1) is 9.49. The SMILES string of the molecule is CN[C@H](C)c1cccc(F)c1Cl. The van der Waals surface area contributed by atoms with Crippen LogP contribution in [0.25, 0.3) is 0 Å². The highest BCUT2D eigenvalue weighted by Gasteiger charge is 2.09. The first-order valence-corrected chi connectivity index (χ1v) is 4.15. The summed E-state index contributed by atoms with van der Waals surface area (Å²) in [6.07, 6.45) is 0. The van der Waals surface area contributed by atoms with Crippen LogP contribution in [0.4, 0.5) is 4.39 Å². The van der Waals surface area contributed by atoms with Gasteiger partial charge in [0, 0.05) is 6.04 Å². The molecule has 0 heterocycles. The van der Waals surface area contributed by atoms with Crippen molar-refractivity contribution in [3.63, 3.8) is 0 Å². The van der Waals surface area contributed by atoms with Crippen LogP contribution in [-0.2, 0) is 0 Å². The number of halogens is 2. The van der Waals surface area contributed by atoms with Gasteiger partial charge in [0.15, 0.2) is 0 Å². The largest absolute Gasteiger partial charge is 0.313 e. The Hall–Kier alpha value is -0.600. The molecule has 0 aliphatic heterocycles. The van der Waals surface area contributed by atoms with Crippen LogP contribution in [0.5, 0.6) is 0 Å². The number of rotatable bonds is 2. The van der Waals surface area contributed by atoms with Crippen molar-refractivity contribution in [2.45, 2.75) is 13.0 Å². The summed E-state index contributed by atoms with van der Waals surface area (Å²) in [4.78, 5) is 0. The monoisotopic (exact) mass is 187 g/mol. The standard InChI is InChI=1S/C9H11ClFN/c1-6(12-2)7-4-3-5-8(11)9(7)10/h3-6,12H,1-2H3/t6-/m1/s1. The van der Waals surface area contributed by atoms with Gasteiger partial charge in [-0.3, -0.25) is 0 Å². The molecule has 0 aliphatic rings. The zero-order valence-corrected chi connectivity index (χ0v) is 7.82. The number of hydrogen-bond donors (Lipinski definition) is 1. The summed E-state index contributed by atoms with van der Waals surface area (Å²) >= 11 is 5.75. The molecule has 0 unspecified atom stereocenters. The first-order chi connectivity index (χ1) is 5.66. The smallest absolute Gasteiger partial charge is 0.142 e. The van der Waals surface area contributed by atoms with Gasteiger partial charge in [-0.05, 0) is 25.6 Å².